The van der Waals surface area contributed by atoms with E-state index < -0.39 is 0 Å². The molecule has 0 bridgehead atoms. The van der Waals surface area contributed by atoms with E-state index in [0.29, 0.717) is 18.4 Å². The van der Waals surface area contributed by atoms with E-state index in [0.717, 1.165) is 18.5 Å². The van der Waals surface area contributed by atoms with Crippen LogP contribution in [0, 0.1) is 17.7 Å². The molecule has 0 spiro atoms. The van der Waals surface area contributed by atoms with Crippen LogP contribution in [-0.4, -0.2) is 25.0 Å². The van der Waals surface area contributed by atoms with Gasteiger partial charge in [-0.3, -0.25) is 4.79 Å². The predicted octanol–water partition coefficient (Wildman–Crippen LogP) is 1.87. The molecule has 3 nitrogen and oxygen atoms in total. The second-order valence-electron chi connectivity index (χ2n) is 5.91. The summed E-state index contributed by atoms with van der Waals surface area (Å²) in [5.74, 6) is 1.13. The molecule has 108 valence electrons. The second kappa shape index (κ2) is 5.92. The molecule has 2 fully saturated rings. The van der Waals surface area contributed by atoms with Crippen molar-refractivity contribution in [3.05, 3.63) is 35.6 Å². The number of fused-ring (bicyclic) bond motifs is 1. The number of rotatable bonds is 4. The molecule has 2 N–H and O–H groups in total. The molecular formula is C16H21FN2O. The summed E-state index contributed by atoms with van der Waals surface area (Å²) < 4.78 is 12.8. The number of hydrogen-bond acceptors (Lipinski definition) is 2. The lowest BCUT2D eigenvalue weighted by Crippen LogP contribution is -2.44. The highest BCUT2D eigenvalue weighted by Crippen LogP contribution is 2.37. The lowest BCUT2D eigenvalue weighted by molar-refractivity contribution is -0.123. The molecule has 1 aliphatic heterocycles. The Balaban J connectivity index is 1.46. The van der Waals surface area contributed by atoms with E-state index in [2.05, 4.69) is 10.6 Å². The zero-order valence-corrected chi connectivity index (χ0v) is 11.6. The Bertz CT molecular complexity index is 474. The molecule has 0 radical (unpaired) electrons. The molecule has 1 aliphatic carbocycles. The fourth-order valence-electron chi connectivity index (χ4n) is 3.57. The second-order valence-corrected chi connectivity index (χ2v) is 5.91. The monoisotopic (exact) mass is 276 g/mol. The molecule has 3 unspecified atom stereocenters. The number of benzene rings is 1. The Morgan fingerprint density at radius 3 is 2.90 bits per heavy atom. The molecule has 1 amide bonds. The minimum atomic E-state index is -0.222. The van der Waals surface area contributed by atoms with E-state index in [1.807, 2.05) is 0 Å². The third kappa shape index (κ3) is 2.85. The molecule has 20 heavy (non-hydrogen) atoms. The molecule has 4 heteroatoms. The summed E-state index contributed by atoms with van der Waals surface area (Å²) in [6.07, 6.45) is 4.44. The van der Waals surface area contributed by atoms with Crippen molar-refractivity contribution < 1.29 is 9.18 Å². The van der Waals surface area contributed by atoms with Gasteiger partial charge in [0.15, 0.2) is 0 Å². The third-order valence-corrected chi connectivity index (χ3v) is 4.65. The molecule has 1 saturated carbocycles. The van der Waals surface area contributed by atoms with Gasteiger partial charge in [-0.05, 0) is 55.3 Å². The third-order valence-electron chi connectivity index (χ3n) is 4.65. The van der Waals surface area contributed by atoms with Gasteiger partial charge in [-0.15, -0.1) is 0 Å². The fraction of sp³-hybridized carbons (Fsp3) is 0.562. The molecule has 0 aromatic heterocycles. The maximum Gasteiger partial charge on any atom is 0.237 e. The van der Waals surface area contributed by atoms with Gasteiger partial charge in [0, 0.05) is 6.54 Å². The Labute approximate surface area is 118 Å². The van der Waals surface area contributed by atoms with E-state index >= 15 is 0 Å². The first-order valence-corrected chi connectivity index (χ1v) is 7.49. The standard InChI is InChI=1S/C16H21FN2O/c17-13-6-4-11(5-7-13)8-9-18-16(20)15-14-3-1-2-12(14)10-19-15/h4-7,12,14-15,19H,1-3,8-10H2,(H,18,20). The molecule has 1 saturated heterocycles. The molecule has 3 rings (SSSR count). The van der Waals surface area contributed by atoms with Crippen molar-refractivity contribution in [1.82, 2.24) is 10.6 Å². The molecular weight excluding hydrogens is 255 g/mol. The van der Waals surface area contributed by atoms with Crippen LogP contribution in [0.15, 0.2) is 24.3 Å². The van der Waals surface area contributed by atoms with Crippen molar-refractivity contribution in [3.8, 4) is 0 Å². The average Bonchev–Trinajstić information content (AvgIpc) is 3.03. The molecule has 1 aromatic rings. The minimum Gasteiger partial charge on any atom is -0.354 e. The first kappa shape index (κ1) is 13.6. The normalized spacial score (nSPS) is 28.4. The summed E-state index contributed by atoms with van der Waals surface area (Å²) in [5, 5.41) is 6.36. The fourth-order valence-corrected chi connectivity index (χ4v) is 3.57. The molecule has 2 aliphatic rings. The molecule has 3 atom stereocenters. The van der Waals surface area contributed by atoms with Crippen molar-refractivity contribution in [2.45, 2.75) is 31.7 Å². The molecule has 1 aromatic carbocycles. The lowest BCUT2D eigenvalue weighted by Gasteiger charge is -2.17. The van der Waals surface area contributed by atoms with Gasteiger partial charge >= 0.3 is 0 Å². The van der Waals surface area contributed by atoms with E-state index in [1.165, 1.54) is 31.4 Å². The van der Waals surface area contributed by atoms with Crippen LogP contribution in [0.2, 0.25) is 0 Å². The van der Waals surface area contributed by atoms with E-state index in [4.69, 9.17) is 0 Å². The number of halogens is 1. The SMILES string of the molecule is O=C(NCCc1ccc(F)cc1)C1NCC2CCCC21. The van der Waals surface area contributed by atoms with E-state index in [-0.39, 0.29) is 17.8 Å². The Hall–Kier alpha value is -1.42. The Kier molecular flexibility index (Phi) is 4.01. The van der Waals surface area contributed by atoms with Crippen molar-refractivity contribution in [1.29, 1.82) is 0 Å². The van der Waals surface area contributed by atoms with Crippen LogP contribution in [0.4, 0.5) is 4.39 Å². The van der Waals surface area contributed by atoms with E-state index in [1.54, 1.807) is 12.1 Å². The number of amides is 1. The van der Waals surface area contributed by atoms with Crippen LogP contribution in [0.3, 0.4) is 0 Å². The number of hydrogen-bond donors (Lipinski definition) is 2. The van der Waals surface area contributed by atoms with Crippen LogP contribution in [-0.2, 0) is 11.2 Å². The maximum absolute atomic E-state index is 12.8. The van der Waals surface area contributed by atoms with Crippen LogP contribution in [0.1, 0.15) is 24.8 Å². The van der Waals surface area contributed by atoms with Crippen molar-refractivity contribution >= 4 is 5.91 Å². The van der Waals surface area contributed by atoms with Gasteiger partial charge in [0.1, 0.15) is 5.82 Å². The summed E-state index contributed by atoms with van der Waals surface area (Å²) in [6.45, 7) is 1.60. The Morgan fingerprint density at radius 1 is 1.30 bits per heavy atom. The highest BCUT2D eigenvalue weighted by Gasteiger charge is 2.42. The number of carbonyl (C=O) groups is 1. The summed E-state index contributed by atoms with van der Waals surface area (Å²) in [4.78, 5) is 12.2. The zero-order valence-electron chi connectivity index (χ0n) is 11.6. The quantitative estimate of drug-likeness (QED) is 0.881. The number of carbonyl (C=O) groups excluding carboxylic acids is 1. The smallest absolute Gasteiger partial charge is 0.237 e. The van der Waals surface area contributed by atoms with Crippen molar-refractivity contribution in [3.63, 3.8) is 0 Å². The Morgan fingerprint density at radius 2 is 2.10 bits per heavy atom. The largest absolute Gasteiger partial charge is 0.354 e. The summed E-state index contributed by atoms with van der Waals surface area (Å²) in [5.41, 5.74) is 1.05. The van der Waals surface area contributed by atoms with Crippen LogP contribution >= 0.6 is 0 Å². The van der Waals surface area contributed by atoms with Gasteiger partial charge in [0.25, 0.3) is 0 Å². The van der Waals surface area contributed by atoms with Crippen LogP contribution < -0.4 is 10.6 Å². The van der Waals surface area contributed by atoms with Gasteiger partial charge < -0.3 is 10.6 Å². The first-order valence-electron chi connectivity index (χ1n) is 7.49. The summed E-state index contributed by atoms with van der Waals surface area (Å²) >= 11 is 0. The summed E-state index contributed by atoms with van der Waals surface area (Å²) in [6, 6.07) is 6.44. The number of nitrogens with one attached hydrogen (secondary N) is 2. The van der Waals surface area contributed by atoms with Gasteiger partial charge in [0.2, 0.25) is 5.91 Å². The van der Waals surface area contributed by atoms with Gasteiger partial charge in [-0.2, -0.15) is 0 Å². The topological polar surface area (TPSA) is 41.1 Å². The van der Waals surface area contributed by atoms with Crippen LogP contribution in [0.25, 0.3) is 0 Å². The average molecular weight is 276 g/mol. The first-order chi connectivity index (χ1) is 9.74. The minimum absolute atomic E-state index is 0.00396. The maximum atomic E-state index is 12.8. The molecule has 1 heterocycles. The van der Waals surface area contributed by atoms with Gasteiger partial charge in [-0.25, -0.2) is 4.39 Å². The predicted molar refractivity (Wildman–Crippen MR) is 75.7 cm³/mol. The zero-order chi connectivity index (χ0) is 13.9. The van der Waals surface area contributed by atoms with Crippen molar-refractivity contribution in [2.75, 3.05) is 13.1 Å². The highest BCUT2D eigenvalue weighted by molar-refractivity contribution is 5.82. The highest BCUT2D eigenvalue weighted by atomic mass is 19.1. The van der Waals surface area contributed by atoms with Gasteiger partial charge in [-0.1, -0.05) is 18.6 Å². The summed E-state index contributed by atoms with van der Waals surface area (Å²) in [7, 11) is 0. The van der Waals surface area contributed by atoms with E-state index in [9.17, 15) is 9.18 Å². The lowest BCUT2D eigenvalue weighted by atomic mass is 9.93. The van der Waals surface area contributed by atoms with Gasteiger partial charge in [0.05, 0.1) is 6.04 Å². The van der Waals surface area contributed by atoms with Crippen molar-refractivity contribution in [2.24, 2.45) is 11.8 Å². The van der Waals surface area contributed by atoms with Crippen LogP contribution in [0.5, 0.6) is 0 Å².